The van der Waals surface area contributed by atoms with Gasteiger partial charge in [0.1, 0.15) is 0 Å². The molecule has 0 aromatic carbocycles. The van der Waals surface area contributed by atoms with Crippen molar-refractivity contribution in [1.29, 1.82) is 0 Å². The van der Waals surface area contributed by atoms with E-state index in [1.165, 1.54) is 6.42 Å². The first-order valence-electron chi connectivity index (χ1n) is 5.88. The molecule has 88 valence electrons. The summed E-state index contributed by atoms with van der Waals surface area (Å²) in [5, 5.41) is 9.53. The Kier molecular flexibility index (Phi) is 3.00. The van der Waals surface area contributed by atoms with E-state index in [2.05, 4.69) is 4.90 Å². The summed E-state index contributed by atoms with van der Waals surface area (Å²) >= 11 is 0. The van der Waals surface area contributed by atoms with Crippen molar-refractivity contribution in [2.45, 2.75) is 37.3 Å². The fourth-order valence-electron chi connectivity index (χ4n) is 3.34. The van der Waals surface area contributed by atoms with E-state index in [9.17, 15) is 9.67 Å². The molecule has 0 radical (unpaired) electrons. The molecule has 3 nitrogen and oxygen atoms in total. The minimum Gasteiger partial charge on any atom is -0.394 e. The first-order chi connectivity index (χ1) is 6.97. The molecule has 2 heterocycles. The number of nitrogens with zero attached hydrogens (tertiary/aromatic N) is 1. The molecule has 2 rings (SSSR count). The Morgan fingerprint density at radius 1 is 1.47 bits per heavy atom. The van der Waals surface area contributed by atoms with Crippen LogP contribution in [0.15, 0.2) is 0 Å². The summed E-state index contributed by atoms with van der Waals surface area (Å²) in [6, 6.07) is 0.459. The van der Waals surface area contributed by atoms with E-state index in [1.807, 2.05) is 13.3 Å². The van der Waals surface area contributed by atoms with Gasteiger partial charge in [-0.3, -0.25) is 4.90 Å². The molecular weight excluding hydrogens is 209 g/mol. The lowest BCUT2D eigenvalue weighted by molar-refractivity contribution is 0.0824. The zero-order chi connectivity index (χ0) is 11.1. The van der Waals surface area contributed by atoms with Crippen molar-refractivity contribution < 1.29 is 9.67 Å². The quantitative estimate of drug-likeness (QED) is 0.750. The van der Waals surface area contributed by atoms with E-state index in [-0.39, 0.29) is 12.1 Å². The van der Waals surface area contributed by atoms with Gasteiger partial charge in [0.2, 0.25) is 0 Å². The summed E-state index contributed by atoms with van der Waals surface area (Å²) in [7, 11) is -1.93. The molecule has 2 fully saturated rings. The third kappa shape index (κ3) is 2.15. The van der Waals surface area contributed by atoms with Crippen LogP contribution in [-0.2, 0) is 4.57 Å². The first kappa shape index (κ1) is 11.6. The maximum Gasteiger partial charge on any atom is 0.0834 e. The highest BCUT2D eigenvalue weighted by molar-refractivity contribution is 7.62. The summed E-state index contributed by atoms with van der Waals surface area (Å²) in [6.07, 6.45) is 5.35. The third-order valence-corrected chi connectivity index (χ3v) is 5.28. The molecule has 0 unspecified atom stereocenters. The van der Waals surface area contributed by atoms with Gasteiger partial charge in [-0.2, -0.15) is 0 Å². The van der Waals surface area contributed by atoms with Crippen molar-refractivity contribution in [1.82, 2.24) is 4.90 Å². The highest BCUT2D eigenvalue weighted by Gasteiger charge is 2.49. The Labute approximate surface area is 92.2 Å². The molecule has 0 aromatic rings. The molecular formula is C11H22NO2P. The normalized spacial score (nSPS) is 37.1. The van der Waals surface area contributed by atoms with Gasteiger partial charge in [0.25, 0.3) is 0 Å². The van der Waals surface area contributed by atoms with Crippen LogP contribution in [0.3, 0.4) is 0 Å². The number of rotatable bonds is 3. The van der Waals surface area contributed by atoms with Crippen LogP contribution in [0, 0.1) is 0 Å². The minimum atomic E-state index is -1.93. The van der Waals surface area contributed by atoms with Crippen molar-refractivity contribution >= 4 is 7.14 Å². The number of aliphatic hydroxyl groups excluding tert-OH is 1. The zero-order valence-electron chi connectivity index (χ0n) is 9.78. The summed E-state index contributed by atoms with van der Waals surface area (Å²) in [5.74, 6) is 0. The first-order valence-corrected chi connectivity index (χ1v) is 8.67. The fourth-order valence-corrected chi connectivity index (χ4v) is 4.73. The number of hydrogen-bond donors (Lipinski definition) is 1. The molecule has 15 heavy (non-hydrogen) atoms. The lowest BCUT2D eigenvalue weighted by atomic mass is 9.95. The molecule has 1 N–H and O–H groups in total. The third-order valence-electron chi connectivity index (χ3n) is 3.98. The van der Waals surface area contributed by atoms with Crippen LogP contribution in [0.5, 0.6) is 0 Å². The molecule has 2 saturated heterocycles. The van der Waals surface area contributed by atoms with Crippen LogP contribution in [0.25, 0.3) is 0 Å². The Hall–Kier alpha value is 0.150. The van der Waals surface area contributed by atoms with Crippen LogP contribution in [0.2, 0.25) is 0 Å². The van der Waals surface area contributed by atoms with E-state index in [1.54, 1.807) is 0 Å². The van der Waals surface area contributed by atoms with Crippen molar-refractivity contribution in [3.8, 4) is 0 Å². The van der Waals surface area contributed by atoms with Gasteiger partial charge in [0.05, 0.1) is 13.7 Å². The van der Waals surface area contributed by atoms with Gasteiger partial charge in [-0.05, 0) is 45.6 Å². The van der Waals surface area contributed by atoms with Crippen molar-refractivity contribution in [2.24, 2.45) is 0 Å². The molecule has 0 saturated carbocycles. The van der Waals surface area contributed by atoms with Gasteiger partial charge in [0, 0.05) is 17.7 Å². The van der Waals surface area contributed by atoms with E-state index < -0.39 is 7.14 Å². The Morgan fingerprint density at radius 3 is 2.80 bits per heavy atom. The van der Waals surface area contributed by atoms with Crippen LogP contribution in [0.1, 0.15) is 25.7 Å². The van der Waals surface area contributed by atoms with Gasteiger partial charge >= 0.3 is 0 Å². The van der Waals surface area contributed by atoms with Crippen molar-refractivity contribution in [3.63, 3.8) is 0 Å². The monoisotopic (exact) mass is 231 g/mol. The van der Waals surface area contributed by atoms with Gasteiger partial charge in [-0.1, -0.05) is 0 Å². The van der Waals surface area contributed by atoms with E-state index in [0.717, 1.165) is 32.0 Å². The summed E-state index contributed by atoms with van der Waals surface area (Å²) in [4.78, 5) is 2.44. The van der Waals surface area contributed by atoms with Crippen LogP contribution >= 0.6 is 7.14 Å². The predicted molar refractivity (Wildman–Crippen MR) is 63.1 cm³/mol. The molecule has 0 aliphatic carbocycles. The van der Waals surface area contributed by atoms with E-state index in [0.29, 0.717) is 6.04 Å². The minimum absolute atomic E-state index is 0.0554. The van der Waals surface area contributed by atoms with Crippen molar-refractivity contribution in [2.75, 3.05) is 32.6 Å². The summed E-state index contributed by atoms with van der Waals surface area (Å²) in [5.41, 5.74) is 0.0554. The van der Waals surface area contributed by atoms with Gasteiger partial charge in [-0.15, -0.1) is 0 Å². The molecule has 0 bridgehead atoms. The van der Waals surface area contributed by atoms with Crippen LogP contribution in [-0.4, -0.2) is 54.2 Å². The standard InChI is InChI=1S/C11H22NO2P/c1-15(2,14)8-10-4-6-11(9-13)5-3-7-12(10)11/h10,13H,3-9H2,1-2H3/t10-,11-/m0/s1. The maximum atomic E-state index is 11.9. The topological polar surface area (TPSA) is 40.5 Å². The lowest BCUT2D eigenvalue weighted by Gasteiger charge is -2.33. The molecule has 4 heteroatoms. The Morgan fingerprint density at radius 2 is 2.20 bits per heavy atom. The fraction of sp³-hybridized carbons (Fsp3) is 1.00. The highest BCUT2D eigenvalue weighted by atomic mass is 31.2. The van der Waals surface area contributed by atoms with Gasteiger partial charge in [0.15, 0.2) is 0 Å². The highest BCUT2D eigenvalue weighted by Crippen LogP contribution is 2.47. The second kappa shape index (κ2) is 3.87. The molecule has 2 aliphatic heterocycles. The predicted octanol–water partition coefficient (Wildman–Crippen LogP) is 1.60. The largest absolute Gasteiger partial charge is 0.394 e. The van der Waals surface area contributed by atoms with Crippen molar-refractivity contribution in [3.05, 3.63) is 0 Å². The molecule has 2 atom stereocenters. The number of fused-ring (bicyclic) bond motifs is 1. The average Bonchev–Trinajstić information content (AvgIpc) is 2.65. The van der Waals surface area contributed by atoms with E-state index in [4.69, 9.17) is 0 Å². The molecule has 2 aliphatic rings. The SMILES string of the molecule is CP(C)(=O)C[C@@H]1CC[C@]2(CO)CCCN12. The second-order valence-corrected chi connectivity index (χ2v) is 9.14. The Bertz CT molecular complexity index is 288. The smallest absolute Gasteiger partial charge is 0.0834 e. The van der Waals surface area contributed by atoms with Gasteiger partial charge in [-0.25, -0.2) is 0 Å². The van der Waals surface area contributed by atoms with Crippen LogP contribution in [0.4, 0.5) is 0 Å². The number of hydrogen-bond acceptors (Lipinski definition) is 3. The Balaban J connectivity index is 2.09. The number of aliphatic hydroxyl groups is 1. The maximum absolute atomic E-state index is 11.9. The lowest BCUT2D eigenvalue weighted by Crippen LogP contribution is -2.46. The summed E-state index contributed by atoms with van der Waals surface area (Å²) in [6.45, 7) is 5.12. The zero-order valence-corrected chi connectivity index (χ0v) is 10.7. The molecule has 0 spiro atoms. The molecule has 0 aromatic heterocycles. The van der Waals surface area contributed by atoms with Crippen LogP contribution < -0.4 is 0 Å². The second-order valence-electron chi connectivity index (χ2n) is 5.63. The molecule has 0 amide bonds. The summed E-state index contributed by atoms with van der Waals surface area (Å²) < 4.78 is 11.9. The van der Waals surface area contributed by atoms with E-state index >= 15 is 0 Å². The average molecular weight is 231 g/mol. The van der Waals surface area contributed by atoms with Gasteiger partial charge < -0.3 is 9.67 Å².